The predicted octanol–water partition coefficient (Wildman–Crippen LogP) is 3.38. The monoisotopic (exact) mass is 448 g/mol. The standard InChI is InChI=1S/C19H20N4O5S2/c1-22-10-4-7-18(22)21-30(27,28)15-6-3-5-13(11-15)20-19(24)16-12-14(29-2)8-9-17(16)23(25)26/h3,5-6,8-9,11-12H,4,7,10H2,1-2H3,(H,20,24)/b21-18-. The minimum absolute atomic E-state index is 0.0690. The van der Waals surface area contributed by atoms with Crippen molar-refractivity contribution >= 4 is 44.9 Å². The number of rotatable bonds is 6. The van der Waals surface area contributed by atoms with E-state index in [9.17, 15) is 23.3 Å². The van der Waals surface area contributed by atoms with Crippen molar-refractivity contribution in [2.24, 2.45) is 4.40 Å². The topological polar surface area (TPSA) is 122 Å². The summed E-state index contributed by atoms with van der Waals surface area (Å²) >= 11 is 1.35. The number of nitro benzene ring substituents is 1. The quantitative estimate of drug-likeness (QED) is 0.408. The molecule has 30 heavy (non-hydrogen) atoms. The van der Waals surface area contributed by atoms with Crippen LogP contribution >= 0.6 is 11.8 Å². The molecule has 11 heteroatoms. The summed E-state index contributed by atoms with van der Waals surface area (Å²) in [6.07, 6.45) is 3.22. The van der Waals surface area contributed by atoms with Crippen molar-refractivity contribution in [3.8, 4) is 0 Å². The lowest BCUT2D eigenvalue weighted by molar-refractivity contribution is -0.385. The predicted molar refractivity (Wildman–Crippen MR) is 116 cm³/mol. The van der Waals surface area contributed by atoms with Crippen molar-refractivity contribution in [1.82, 2.24) is 4.90 Å². The first kappa shape index (κ1) is 21.8. The highest BCUT2D eigenvalue weighted by molar-refractivity contribution is 7.98. The molecule has 0 spiro atoms. The Morgan fingerprint density at radius 1 is 1.27 bits per heavy atom. The van der Waals surface area contributed by atoms with Gasteiger partial charge >= 0.3 is 0 Å². The molecule has 2 aromatic carbocycles. The number of carbonyl (C=O) groups excluding carboxylic acids is 1. The molecule has 0 bridgehead atoms. The second kappa shape index (κ2) is 8.84. The number of nitrogens with one attached hydrogen (secondary N) is 1. The van der Waals surface area contributed by atoms with Crippen molar-refractivity contribution in [3.05, 3.63) is 58.1 Å². The minimum Gasteiger partial charge on any atom is -0.362 e. The number of hydrogen-bond donors (Lipinski definition) is 1. The largest absolute Gasteiger partial charge is 0.362 e. The highest BCUT2D eigenvalue weighted by Gasteiger charge is 2.23. The highest BCUT2D eigenvalue weighted by atomic mass is 32.2. The third-order valence-corrected chi connectivity index (χ3v) is 6.62. The number of amidine groups is 1. The van der Waals surface area contributed by atoms with Gasteiger partial charge in [0.25, 0.3) is 21.6 Å². The molecule has 1 N–H and O–H groups in total. The molecular weight excluding hydrogens is 428 g/mol. The number of nitrogens with zero attached hydrogens (tertiary/aromatic N) is 3. The molecule has 2 aromatic rings. The Balaban J connectivity index is 1.89. The lowest BCUT2D eigenvalue weighted by Crippen LogP contribution is -2.20. The van der Waals surface area contributed by atoms with Crippen molar-refractivity contribution < 1.29 is 18.1 Å². The second-order valence-corrected chi connectivity index (χ2v) is 9.11. The Morgan fingerprint density at radius 3 is 2.67 bits per heavy atom. The average Bonchev–Trinajstić information content (AvgIpc) is 3.11. The molecule has 1 amide bonds. The van der Waals surface area contributed by atoms with Crippen LogP contribution in [-0.2, 0) is 10.0 Å². The summed E-state index contributed by atoms with van der Waals surface area (Å²) in [5.41, 5.74) is -0.234. The number of thioether (sulfide) groups is 1. The molecule has 158 valence electrons. The molecule has 1 aliphatic heterocycles. The second-order valence-electron chi connectivity index (χ2n) is 6.63. The first-order chi connectivity index (χ1) is 14.2. The number of likely N-dealkylation sites (tertiary alicyclic amines) is 1. The van der Waals surface area contributed by atoms with E-state index in [1.54, 1.807) is 24.3 Å². The summed E-state index contributed by atoms with van der Waals surface area (Å²) < 4.78 is 29.2. The molecule has 1 heterocycles. The number of sulfonamides is 1. The van der Waals surface area contributed by atoms with Crippen LogP contribution in [0.4, 0.5) is 11.4 Å². The van der Waals surface area contributed by atoms with E-state index in [-0.39, 0.29) is 21.8 Å². The van der Waals surface area contributed by atoms with Crippen LogP contribution in [0.15, 0.2) is 56.7 Å². The maximum Gasteiger partial charge on any atom is 0.284 e. The van der Waals surface area contributed by atoms with E-state index in [1.807, 2.05) is 0 Å². The van der Waals surface area contributed by atoms with Crippen LogP contribution < -0.4 is 5.32 Å². The Labute approximate surface area is 178 Å². The normalized spacial score (nSPS) is 15.4. The van der Waals surface area contributed by atoms with Crippen LogP contribution in [0, 0.1) is 10.1 Å². The van der Waals surface area contributed by atoms with Crippen molar-refractivity contribution in [1.29, 1.82) is 0 Å². The summed E-state index contributed by atoms with van der Waals surface area (Å²) in [5.74, 6) is -0.206. The molecule has 1 fully saturated rings. The van der Waals surface area contributed by atoms with Gasteiger partial charge in [-0.3, -0.25) is 14.9 Å². The molecule has 0 saturated carbocycles. The van der Waals surface area contributed by atoms with Gasteiger partial charge in [0.2, 0.25) is 0 Å². The van der Waals surface area contributed by atoms with Crippen molar-refractivity contribution in [2.75, 3.05) is 25.2 Å². The Kier molecular flexibility index (Phi) is 6.42. The van der Waals surface area contributed by atoms with E-state index in [0.29, 0.717) is 17.2 Å². The van der Waals surface area contributed by atoms with E-state index in [1.165, 1.54) is 48.2 Å². The van der Waals surface area contributed by atoms with Crippen LogP contribution in [0.2, 0.25) is 0 Å². The molecule has 0 aromatic heterocycles. The number of anilines is 1. The highest BCUT2D eigenvalue weighted by Crippen LogP contribution is 2.26. The summed E-state index contributed by atoms with van der Waals surface area (Å²) in [4.78, 5) is 25.7. The lowest BCUT2D eigenvalue weighted by atomic mass is 10.1. The number of amides is 1. The zero-order valence-corrected chi connectivity index (χ0v) is 18.0. The van der Waals surface area contributed by atoms with Gasteiger partial charge in [0.05, 0.1) is 9.82 Å². The van der Waals surface area contributed by atoms with Crippen molar-refractivity contribution in [3.63, 3.8) is 0 Å². The summed E-state index contributed by atoms with van der Waals surface area (Å²) in [5, 5.41) is 13.8. The molecule has 3 rings (SSSR count). The van der Waals surface area contributed by atoms with Crippen molar-refractivity contribution in [2.45, 2.75) is 22.6 Å². The van der Waals surface area contributed by atoms with Gasteiger partial charge in [-0.15, -0.1) is 16.2 Å². The molecule has 1 saturated heterocycles. The summed E-state index contributed by atoms with van der Waals surface area (Å²) in [7, 11) is -2.16. The fourth-order valence-electron chi connectivity index (χ4n) is 3.02. The van der Waals surface area contributed by atoms with Gasteiger partial charge in [-0.1, -0.05) is 6.07 Å². The van der Waals surface area contributed by atoms with Crippen LogP contribution in [0.1, 0.15) is 23.2 Å². The maximum atomic E-state index is 12.7. The van der Waals surface area contributed by atoms with Crippen LogP contribution in [0.25, 0.3) is 0 Å². The van der Waals surface area contributed by atoms with Gasteiger partial charge in [-0.05, 0) is 43.0 Å². The van der Waals surface area contributed by atoms with Crippen LogP contribution in [-0.4, -0.2) is 49.8 Å². The lowest BCUT2D eigenvalue weighted by Gasteiger charge is -2.11. The summed E-state index contributed by atoms with van der Waals surface area (Å²) in [6.45, 7) is 0.748. The number of carbonyl (C=O) groups is 1. The zero-order chi connectivity index (χ0) is 21.9. The smallest absolute Gasteiger partial charge is 0.284 e. The van der Waals surface area contributed by atoms with Gasteiger partial charge in [-0.2, -0.15) is 8.42 Å². The van der Waals surface area contributed by atoms with E-state index in [4.69, 9.17) is 0 Å². The average molecular weight is 449 g/mol. The molecule has 0 unspecified atom stereocenters. The third kappa shape index (κ3) is 4.79. The molecule has 0 aliphatic carbocycles. The fourth-order valence-corrected chi connectivity index (χ4v) is 4.60. The molecule has 0 atom stereocenters. The van der Waals surface area contributed by atoms with Crippen LogP contribution in [0.3, 0.4) is 0 Å². The van der Waals surface area contributed by atoms with E-state index in [0.717, 1.165) is 13.0 Å². The Hall–Kier alpha value is -2.92. The van der Waals surface area contributed by atoms with Gasteiger partial charge in [0.15, 0.2) is 0 Å². The Bertz CT molecular complexity index is 1130. The SMILES string of the molecule is CSc1ccc([N+](=O)[O-])c(C(=O)Nc2cccc(S(=O)(=O)/N=C3/CCCN3C)c2)c1. The zero-order valence-electron chi connectivity index (χ0n) is 16.4. The fraction of sp³-hybridized carbons (Fsp3) is 0.263. The molecular formula is C19H20N4O5S2. The maximum absolute atomic E-state index is 12.7. The van der Waals surface area contributed by atoms with E-state index in [2.05, 4.69) is 9.71 Å². The molecule has 1 aliphatic rings. The summed E-state index contributed by atoms with van der Waals surface area (Å²) in [6, 6.07) is 9.93. The van der Waals surface area contributed by atoms with E-state index < -0.39 is 20.9 Å². The number of nitro groups is 1. The first-order valence-electron chi connectivity index (χ1n) is 9.00. The van der Waals surface area contributed by atoms with E-state index >= 15 is 0 Å². The van der Waals surface area contributed by atoms with Gasteiger partial charge < -0.3 is 10.2 Å². The minimum atomic E-state index is -3.95. The number of benzene rings is 2. The van der Waals surface area contributed by atoms with Gasteiger partial charge in [0.1, 0.15) is 11.4 Å². The molecule has 9 nitrogen and oxygen atoms in total. The van der Waals surface area contributed by atoms with Crippen LogP contribution in [0.5, 0.6) is 0 Å². The third-order valence-electron chi connectivity index (χ3n) is 4.59. The Morgan fingerprint density at radius 2 is 2.03 bits per heavy atom. The number of hydrogen-bond acceptors (Lipinski definition) is 6. The molecule has 0 radical (unpaired) electrons. The first-order valence-corrected chi connectivity index (χ1v) is 11.7. The van der Waals surface area contributed by atoms with Gasteiger partial charge in [-0.25, -0.2) is 0 Å². The van der Waals surface area contributed by atoms with Gasteiger partial charge in [0, 0.05) is 36.7 Å².